The summed E-state index contributed by atoms with van der Waals surface area (Å²) in [4.78, 5) is 0. The molecular weight excluding hydrogens is 64.0 g/mol. The van der Waals surface area contributed by atoms with Crippen molar-refractivity contribution in [1.82, 2.24) is 6.15 Å². The molecule has 0 bridgehead atoms. The van der Waals surface area contributed by atoms with E-state index in [2.05, 4.69) is 6.58 Å². The van der Waals surface area contributed by atoms with Crippen LogP contribution in [0.25, 0.3) is 0 Å². The van der Waals surface area contributed by atoms with Crippen molar-refractivity contribution in [3.05, 3.63) is 12.7 Å². The molecule has 0 aliphatic heterocycles. The van der Waals surface area contributed by atoms with E-state index in [-0.39, 0.29) is 6.15 Å². The molecule has 0 rings (SSSR count). The molecule has 0 spiro atoms. The number of rotatable bonds is 1. The molecule has 29 valence electrons. The van der Waals surface area contributed by atoms with Gasteiger partial charge in [-0.3, -0.25) is 0 Å². The van der Waals surface area contributed by atoms with E-state index in [0.717, 1.165) is 0 Å². The second kappa shape index (κ2) is 9.40. The van der Waals surface area contributed by atoms with Crippen molar-refractivity contribution in [2.24, 2.45) is 5.73 Å². The minimum absolute atomic E-state index is 0. The summed E-state index contributed by atoms with van der Waals surface area (Å²) in [6.07, 6.45) is 1.65. The first-order valence-corrected chi connectivity index (χ1v) is 1.22. The van der Waals surface area contributed by atoms with Gasteiger partial charge < -0.3 is 5.73 Å². The number of nitrogens with two attached hydrogens (primary N) is 1. The summed E-state index contributed by atoms with van der Waals surface area (Å²) in [5.74, 6) is 0. The van der Waals surface area contributed by atoms with Gasteiger partial charge in [-0.1, -0.05) is 6.08 Å². The van der Waals surface area contributed by atoms with Crippen LogP contribution in [0.5, 0.6) is 0 Å². The minimum atomic E-state index is 0. The molecule has 3 radical (unpaired) electrons. The van der Waals surface area contributed by atoms with Gasteiger partial charge in [-0.15, -0.1) is 6.58 Å². The normalized spacial score (nSPS) is 5.00. The zero-order valence-electron chi connectivity index (χ0n) is 3.02. The fourth-order valence-electron chi connectivity index (χ4n) is 0. The van der Waals surface area contributed by atoms with E-state index in [1.165, 1.54) is 0 Å². The van der Waals surface area contributed by atoms with Crippen LogP contribution in [0.3, 0.4) is 0 Å². The zero-order chi connectivity index (χ0) is 3.41. The number of hydrogen-bond acceptors (Lipinski definition) is 1. The molecule has 0 unspecified atom stereocenters. The van der Waals surface area contributed by atoms with Gasteiger partial charge in [-0.2, -0.15) is 0 Å². The van der Waals surface area contributed by atoms with Gasteiger partial charge in [0.25, 0.3) is 0 Å². The average Bonchev–Trinajstić information content (AvgIpc) is 1.37. The lowest BCUT2D eigenvalue weighted by Crippen LogP contribution is -1.90. The fraction of sp³-hybridized carbons (Fsp3) is 0.333. The zero-order valence-corrected chi connectivity index (χ0v) is 3.02. The third-order valence-electron chi connectivity index (χ3n) is 0.167. The van der Waals surface area contributed by atoms with E-state index in [0.29, 0.717) is 6.54 Å². The largest absolute Gasteiger partial charge is 0.327 e. The summed E-state index contributed by atoms with van der Waals surface area (Å²) >= 11 is 0. The van der Waals surface area contributed by atoms with Gasteiger partial charge in [-0.05, 0) is 0 Å². The van der Waals surface area contributed by atoms with Gasteiger partial charge in [0.15, 0.2) is 0 Å². The standard InChI is InChI=1S/C3H7N.N/c1-2-3-4;/h2H,1,3-4H2;. The van der Waals surface area contributed by atoms with E-state index < -0.39 is 0 Å². The van der Waals surface area contributed by atoms with Crippen LogP contribution in [-0.4, -0.2) is 6.54 Å². The Morgan fingerprint density at radius 2 is 2.00 bits per heavy atom. The molecule has 0 fully saturated rings. The molecule has 0 saturated heterocycles. The Bertz CT molecular complexity index is 18.9. The summed E-state index contributed by atoms with van der Waals surface area (Å²) in [5, 5.41) is 0. The van der Waals surface area contributed by atoms with Crippen molar-refractivity contribution < 1.29 is 0 Å². The van der Waals surface area contributed by atoms with Crippen molar-refractivity contribution in [1.29, 1.82) is 0 Å². The minimum Gasteiger partial charge on any atom is -0.327 e. The van der Waals surface area contributed by atoms with Crippen LogP contribution in [0.1, 0.15) is 0 Å². The van der Waals surface area contributed by atoms with Gasteiger partial charge >= 0.3 is 0 Å². The van der Waals surface area contributed by atoms with Crippen LogP contribution >= 0.6 is 0 Å². The molecule has 2 nitrogen and oxygen atoms in total. The van der Waals surface area contributed by atoms with Gasteiger partial charge in [0.05, 0.1) is 0 Å². The van der Waals surface area contributed by atoms with Crippen LogP contribution in [0.15, 0.2) is 12.7 Å². The summed E-state index contributed by atoms with van der Waals surface area (Å²) in [6, 6.07) is 0. The molecule has 0 heterocycles. The van der Waals surface area contributed by atoms with Crippen LogP contribution in [-0.2, 0) is 0 Å². The van der Waals surface area contributed by atoms with Crippen LogP contribution in [0, 0.1) is 0 Å². The number of hydrogen-bond donors (Lipinski definition) is 1. The predicted octanol–water partition coefficient (Wildman–Crippen LogP) is -0.350. The second-order valence-electron chi connectivity index (χ2n) is 0.524. The van der Waals surface area contributed by atoms with E-state index >= 15 is 0 Å². The van der Waals surface area contributed by atoms with Crippen molar-refractivity contribution in [2.75, 3.05) is 6.54 Å². The molecular formula is C3H7N2. The Morgan fingerprint density at radius 1 is 1.80 bits per heavy atom. The Morgan fingerprint density at radius 3 is 2.00 bits per heavy atom. The van der Waals surface area contributed by atoms with Gasteiger partial charge in [0.1, 0.15) is 0 Å². The molecule has 0 aromatic carbocycles. The Hall–Kier alpha value is -0.340. The monoisotopic (exact) mass is 71.1 g/mol. The van der Waals surface area contributed by atoms with Crippen LogP contribution in [0.4, 0.5) is 0 Å². The van der Waals surface area contributed by atoms with Crippen molar-refractivity contribution in [2.45, 2.75) is 0 Å². The SMILES string of the molecule is C=CCN.[N]. The molecule has 0 aliphatic rings. The highest BCUT2D eigenvalue weighted by Crippen LogP contribution is 1.40. The van der Waals surface area contributed by atoms with Crippen molar-refractivity contribution in [3.8, 4) is 0 Å². The van der Waals surface area contributed by atoms with Crippen molar-refractivity contribution >= 4 is 0 Å². The highest BCUT2D eigenvalue weighted by molar-refractivity contribution is 4.64. The molecule has 0 aromatic rings. The fourth-order valence-corrected chi connectivity index (χ4v) is 0. The molecule has 0 saturated carbocycles. The van der Waals surface area contributed by atoms with E-state index in [1.54, 1.807) is 6.08 Å². The molecule has 0 amide bonds. The summed E-state index contributed by atoms with van der Waals surface area (Å²) in [7, 11) is 0. The Labute approximate surface area is 32.3 Å². The van der Waals surface area contributed by atoms with Gasteiger partial charge in [-0.25, -0.2) is 0 Å². The summed E-state index contributed by atoms with van der Waals surface area (Å²) < 4.78 is 0. The van der Waals surface area contributed by atoms with E-state index in [1.807, 2.05) is 0 Å². The Kier molecular flexibility index (Phi) is 16.6. The summed E-state index contributed by atoms with van der Waals surface area (Å²) in [5.41, 5.74) is 4.91. The third-order valence-corrected chi connectivity index (χ3v) is 0.167. The molecule has 0 aromatic heterocycles. The smallest absolute Gasteiger partial charge is 0.0104 e. The first kappa shape index (κ1) is 8.82. The molecule has 5 heavy (non-hydrogen) atoms. The highest BCUT2D eigenvalue weighted by atomic mass is 14.5. The maximum atomic E-state index is 4.91. The van der Waals surface area contributed by atoms with E-state index in [4.69, 9.17) is 5.73 Å². The van der Waals surface area contributed by atoms with Crippen LogP contribution in [0.2, 0.25) is 0 Å². The average molecular weight is 71.1 g/mol. The number of nitrogens with zero attached hydrogens (tertiary/aromatic N) is 1. The quantitative estimate of drug-likeness (QED) is 0.422. The lowest BCUT2D eigenvalue weighted by atomic mass is 10.7. The topological polar surface area (TPSA) is 56.5 Å². The lowest BCUT2D eigenvalue weighted by molar-refractivity contribution is 1.26. The maximum absolute atomic E-state index is 4.91. The molecule has 0 aliphatic carbocycles. The first-order valence-electron chi connectivity index (χ1n) is 1.22. The Balaban J connectivity index is 0. The third kappa shape index (κ3) is 23.2. The van der Waals surface area contributed by atoms with E-state index in [9.17, 15) is 0 Å². The highest BCUT2D eigenvalue weighted by Gasteiger charge is 1.43. The molecule has 0 atom stereocenters. The van der Waals surface area contributed by atoms with Gasteiger partial charge in [0, 0.05) is 12.7 Å². The molecule has 2 N–H and O–H groups in total. The molecule has 2 heteroatoms. The predicted molar refractivity (Wildman–Crippen MR) is 21.4 cm³/mol. The first-order chi connectivity index (χ1) is 1.91. The maximum Gasteiger partial charge on any atom is 0.0104 e. The summed E-state index contributed by atoms with van der Waals surface area (Å²) in [6.45, 7) is 3.94. The second-order valence-corrected chi connectivity index (χ2v) is 0.524. The van der Waals surface area contributed by atoms with Crippen molar-refractivity contribution in [3.63, 3.8) is 0 Å². The van der Waals surface area contributed by atoms with Gasteiger partial charge in [0.2, 0.25) is 0 Å². The lowest BCUT2D eigenvalue weighted by Gasteiger charge is -1.61. The van der Waals surface area contributed by atoms with Crippen LogP contribution < -0.4 is 11.9 Å².